The second kappa shape index (κ2) is 1.85. The predicted octanol–water partition coefficient (Wildman–Crippen LogP) is 0.326. The Hall–Kier alpha value is -0.810. The lowest BCUT2D eigenvalue weighted by Gasteiger charge is -1.84. The van der Waals surface area contributed by atoms with E-state index < -0.39 is 15.2 Å². The molecule has 0 spiro atoms. The van der Waals surface area contributed by atoms with E-state index in [-0.39, 0.29) is 0 Å². The largest absolute Gasteiger partial charge is 0.439 e. The van der Waals surface area contributed by atoms with Crippen LogP contribution >= 0.6 is 0 Å². The van der Waals surface area contributed by atoms with E-state index in [4.69, 9.17) is 4.55 Å². The summed E-state index contributed by atoms with van der Waals surface area (Å²) in [6, 6.07) is 2.36. The number of hydrogen-bond donors (Lipinski definition) is 1. The summed E-state index contributed by atoms with van der Waals surface area (Å²) in [6.45, 7) is 0. The summed E-state index contributed by atoms with van der Waals surface area (Å²) in [6.07, 6.45) is 2.12. The Balaban J connectivity index is 3.20. The Bertz CT molecular complexity index is 270. The summed E-state index contributed by atoms with van der Waals surface area (Å²) in [7, 11) is -4.16. The second-order valence-corrected chi connectivity index (χ2v) is 2.70. The van der Waals surface area contributed by atoms with E-state index in [0.717, 1.165) is 6.07 Å². The third kappa shape index (κ3) is 1.30. The molecule has 0 aliphatic rings. The molecule has 0 unspecified atom stereocenters. The molecular weight excluding hydrogens is 144 g/mol. The zero-order chi connectivity index (χ0) is 6.91. The summed E-state index contributed by atoms with van der Waals surface area (Å²) < 4.78 is 32.7. The smallest absolute Gasteiger partial charge is 0.328 e. The van der Waals surface area contributed by atoms with Gasteiger partial charge in [0.2, 0.25) is 5.09 Å². The van der Waals surface area contributed by atoms with Crippen molar-refractivity contribution in [2.24, 2.45) is 0 Å². The van der Waals surface area contributed by atoms with Gasteiger partial charge in [-0.15, -0.1) is 0 Å². The Morgan fingerprint density at radius 2 is 2.33 bits per heavy atom. The lowest BCUT2D eigenvalue weighted by atomic mass is 10.7. The normalized spacial score (nSPS) is 11.7. The van der Waals surface area contributed by atoms with Gasteiger partial charge in [0.1, 0.15) is 0 Å². The fraction of sp³-hybridized carbons (Fsp3) is 0. The van der Waals surface area contributed by atoms with E-state index in [1.807, 2.05) is 0 Å². The third-order valence-corrected chi connectivity index (χ3v) is 1.43. The van der Waals surface area contributed by atoms with Gasteiger partial charge in [-0.05, 0) is 12.1 Å². The Morgan fingerprint density at radius 1 is 1.67 bits per heavy atom. The molecule has 1 aromatic rings. The summed E-state index contributed by atoms with van der Waals surface area (Å²) in [5, 5.41) is -0.484. The van der Waals surface area contributed by atoms with Crippen LogP contribution in [0.1, 0.15) is 0 Å². The molecule has 49 valence electrons. The van der Waals surface area contributed by atoms with Crippen LogP contribution in [0.4, 0.5) is 0 Å². The maximum absolute atomic E-state index is 10.1. The third-order valence-electron chi connectivity index (χ3n) is 0.701. The van der Waals surface area contributed by atoms with Gasteiger partial charge in [-0.3, -0.25) is 4.55 Å². The minimum atomic E-state index is -4.16. The van der Waals surface area contributed by atoms with Crippen molar-refractivity contribution in [3.8, 4) is 0 Å². The maximum Gasteiger partial charge on any atom is 0.328 e. The molecule has 1 N–H and O–H groups in total. The topological polar surface area (TPSA) is 67.5 Å². The molecule has 0 saturated heterocycles. The highest BCUT2D eigenvalue weighted by Crippen LogP contribution is 2.05. The quantitative estimate of drug-likeness (QED) is 0.581. The zero-order valence-corrected chi connectivity index (χ0v) is 5.05. The maximum atomic E-state index is 10.1. The van der Waals surface area contributed by atoms with Gasteiger partial charge in [0.25, 0.3) is 0 Å². The van der Waals surface area contributed by atoms with Gasteiger partial charge in [-0.25, -0.2) is 0 Å². The van der Waals surface area contributed by atoms with Gasteiger partial charge in [-0.2, -0.15) is 8.42 Å². The fourth-order valence-electron chi connectivity index (χ4n) is 0.367. The van der Waals surface area contributed by atoms with Crippen LogP contribution in [0.2, 0.25) is 0 Å². The SMILES string of the molecule is O=S(=O)(O)c1cc[c]o1. The van der Waals surface area contributed by atoms with Crippen LogP contribution in [0.5, 0.6) is 0 Å². The molecule has 0 atom stereocenters. The molecule has 9 heavy (non-hydrogen) atoms. The van der Waals surface area contributed by atoms with Crippen LogP contribution in [0.15, 0.2) is 21.6 Å². The van der Waals surface area contributed by atoms with Crippen LogP contribution in [-0.2, 0) is 10.1 Å². The average molecular weight is 147 g/mol. The molecule has 0 aliphatic carbocycles. The molecule has 0 bridgehead atoms. The number of furan rings is 1. The highest BCUT2D eigenvalue weighted by Gasteiger charge is 2.10. The van der Waals surface area contributed by atoms with Crippen molar-refractivity contribution in [1.82, 2.24) is 0 Å². The average Bonchev–Trinajstić information content (AvgIpc) is 2.08. The van der Waals surface area contributed by atoms with Crippen molar-refractivity contribution in [3.05, 3.63) is 18.4 Å². The van der Waals surface area contributed by atoms with E-state index in [1.165, 1.54) is 6.07 Å². The Labute approximate surface area is 51.9 Å². The molecule has 1 aromatic heterocycles. The van der Waals surface area contributed by atoms with Gasteiger partial charge in [0.15, 0.2) is 6.26 Å². The molecule has 0 saturated carbocycles. The van der Waals surface area contributed by atoms with Gasteiger partial charge >= 0.3 is 10.1 Å². The number of rotatable bonds is 1. The summed E-state index contributed by atoms with van der Waals surface area (Å²) in [5.74, 6) is 0. The van der Waals surface area contributed by atoms with Crippen LogP contribution < -0.4 is 0 Å². The lowest BCUT2D eigenvalue weighted by Crippen LogP contribution is -1.94. The minimum absolute atomic E-state index is 0.484. The first kappa shape index (κ1) is 6.31. The van der Waals surface area contributed by atoms with E-state index in [1.54, 1.807) is 0 Å². The minimum Gasteiger partial charge on any atom is -0.439 e. The van der Waals surface area contributed by atoms with E-state index in [9.17, 15) is 8.42 Å². The van der Waals surface area contributed by atoms with E-state index in [2.05, 4.69) is 10.7 Å². The first-order valence-electron chi connectivity index (χ1n) is 2.04. The molecule has 1 rings (SSSR count). The summed E-state index contributed by atoms with van der Waals surface area (Å²) in [5.41, 5.74) is 0. The molecule has 0 aromatic carbocycles. The van der Waals surface area contributed by atoms with Crippen LogP contribution in [0.3, 0.4) is 0 Å². The molecule has 5 heteroatoms. The van der Waals surface area contributed by atoms with Crippen molar-refractivity contribution >= 4 is 10.1 Å². The highest BCUT2D eigenvalue weighted by molar-refractivity contribution is 7.85. The first-order chi connectivity index (χ1) is 4.11. The van der Waals surface area contributed by atoms with Gasteiger partial charge in [0.05, 0.1) is 0 Å². The van der Waals surface area contributed by atoms with Crippen molar-refractivity contribution in [2.45, 2.75) is 5.09 Å². The van der Waals surface area contributed by atoms with Crippen molar-refractivity contribution < 1.29 is 17.4 Å². The Kier molecular flexibility index (Phi) is 1.30. The molecule has 1 heterocycles. The molecule has 0 aliphatic heterocycles. The van der Waals surface area contributed by atoms with E-state index in [0.29, 0.717) is 0 Å². The molecule has 1 radical (unpaired) electrons. The van der Waals surface area contributed by atoms with Gasteiger partial charge in [0, 0.05) is 0 Å². The zero-order valence-electron chi connectivity index (χ0n) is 4.23. The summed E-state index contributed by atoms with van der Waals surface area (Å²) >= 11 is 0. The molecular formula is C4H3O4S. The predicted molar refractivity (Wildman–Crippen MR) is 27.4 cm³/mol. The lowest BCUT2D eigenvalue weighted by molar-refractivity contribution is 0.403. The standard InChI is InChI=1S/C4H3O4S/c5-9(6,7)4-2-1-3-8-4/h1-2H,(H,5,6,7). The molecule has 0 fully saturated rings. The van der Waals surface area contributed by atoms with Crippen LogP contribution in [-0.4, -0.2) is 13.0 Å². The fourth-order valence-corrected chi connectivity index (χ4v) is 0.760. The number of hydrogen-bond acceptors (Lipinski definition) is 3. The highest BCUT2D eigenvalue weighted by atomic mass is 32.2. The van der Waals surface area contributed by atoms with Crippen molar-refractivity contribution in [2.75, 3.05) is 0 Å². The van der Waals surface area contributed by atoms with Crippen molar-refractivity contribution in [1.29, 1.82) is 0 Å². The Morgan fingerprint density at radius 3 is 2.56 bits per heavy atom. The first-order valence-corrected chi connectivity index (χ1v) is 3.48. The van der Waals surface area contributed by atoms with E-state index >= 15 is 0 Å². The molecule has 0 amide bonds. The monoisotopic (exact) mass is 147 g/mol. The second-order valence-electron chi connectivity index (χ2n) is 1.35. The van der Waals surface area contributed by atoms with Gasteiger partial charge in [-0.1, -0.05) is 0 Å². The van der Waals surface area contributed by atoms with Crippen molar-refractivity contribution in [3.63, 3.8) is 0 Å². The molecule has 4 nitrogen and oxygen atoms in total. The van der Waals surface area contributed by atoms with Crippen LogP contribution in [0, 0.1) is 6.26 Å². The summed E-state index contributed by atoms with van der Waals surface area (Å²) in [4.78, 5) is 0. The van der Waals surface area contributed by atoms with Gasteiger partial charge < -0.3 is 4.42 Å². The van der Waals surface area contributed by atoms with Crippen LogP contribution in [0.25, 0.3) is 0 Å².